The van der Waals surface area contributed by atoms with E-state index in [0.29, 0.717) is 43.8 Å². The van der Waals surface area contributed by atoms with Crippen molar-refractivity contribution in [3.63, 3.8) is 0 Å². The van der Waals surface area contributed by atoms with Gasteiger partial charge >= 0.3 is 0 Å². The lowest BCUT2D eigenvalue weighted by atomic mass is 10.4. The van der Waals surface area contributed by atoms with Gasteiger partial charge in [-0.3, -0.25) is 4.79 Å². The van der Waals surface area contributed by atoms with Gasteiger partial charge in [0.25, 0.3) is 0 Å². The van der Waals surface area contributed by atoms with Crippen molar-refractivity contribution in [2.24, 2.45) is 5.84 Å². The number of amides is 1. The Morgan fingerprint density at radius 3 is 2.52 bits per heavy atom. The fraction of sp³-hybridized carbons (Fsp3) is 0.615. The number of carbonyl (C=O) groups excluding carboxylic acids is 1. The van der Waals surface area contributed by atoms with Crippen molar-refractivity contribution in [3.8, 4) is 0 Å². The van der Waals surface area contributed by atoms with Gasteiger partial charge in [0.2, 0.25) is 5.91 Å². The summed E-state index contributed by atoms with van der Waals surface area (Å²) >= 11 is 0. The molecule has 0 aliphatic heterocycles. The second-order valence-corrected chi connectivity index (χ2v) is 4.26. The molecule has 0 spiro atoms. The number of nitrogens with one attached hydrogen (secondary N) is 2. The largest absolute Gasteiger partial charge is 0.374 e. The molecule has 1 rings (SSSR count). The van der Waals surface area contributed by atoms with Crippen LogP contribution in [0.5, 0.6) is 0 Å². The number of likely N-dealkylation sites (N-methyl/N-ethyl adjacent to an activating group) is 1. The van der Waals surface area contributed by atoms with Crippen LogP contribution in [0.15, 0.2) is 6.07 Å². The molecular formula is C13H24N6O2. The summed E-state index contributed by atoms with van der Waals surface area (Å²) in [5, 5.41) is 2.99. The normalized spacial score (nSPS) is 10.3. The second kappa shape index (κ2) is 9.09. The zero-order chi connectivity index (χ0) is 15.7. The average molecular weight is 296 g/mol. The molecule has 21 heavy (non-hydrogen) atoms. The van der Waals surface area contributed by atoms with Crippen LogP contribution < -0.4 is 16.6 Å². The number of anilines is 2. The van der Waals surface area contributed by atoms with Crippen molar-refractivity contribution in [1.82, 2.24) is 14.9 Å². The number of hydrazine groups is 1. The summed E-state index contributed by atoms with van der Waals surface area (Å²) in [6, 6.07) is 1.64. The molecule has 0 fully saturated rings. The van der Waals surface area contributed by atoms with Crippen molar-refractivity contribution in [2.45, 2.75) is 27.4 Å². The molecule has 0 radical (unpaired) electrons. The van der Waals surface area contributed by atoms with Gasteiger partial charge in [-0.15, -0.1) is 0 Å². The first-order chi connectivity index (χ1) is 10.1. The Morgan fingerprint density at radius 1 is 1.29 bits per heavy atom. The number of hydrogen-bond donors (Lipinski definition) is 3. The predicted molar refractivity (Wildman–Crippen MR) is 81.6 cm³/mol. The Morgan fingerprint density at radius 2 is 1.95 bits per heavy atom. The molecule has 4 N–H and O–H groups in total. The Hall–Kier alpha value is -1.93. The molecule has 8 nitrogen and oxygen atoms in total. The number of carbonyl (C=O) groups is 1. The van der Waals surface area contributed by atoms with E-state index in [1.54, 1.807) is 11.0 Å². The van der Waals surface area contributed by atoms with Crippen LogP contribution in [0.1, 0.15) is 26.6 Å². The number of nitrogens with zero attached hydrogens (tertiary/aromatic N) is 3. The smallest absolute Gasteiger partial charge is 0.241 e. The standard InChI is InChI=1S/C13H24N6O2/c1-4-19(5-2)13(20)8-15-10-7-11(18-14)17-12(16-10)9-21-6-3/h7H,4-6,8-9,14H2,1-3H3,(H2,15,16,17,18). The topological polar surface area (TPSA) is 105 Å². The molecule has 8 heteroatoms. The lowest BCUT2D eigenvalue weighted by Crippen LogP contribution is -2.35. The molecule has 1 amide bonds. The van der Waals surface area contributed by atoms with Gasteiger partial charge in [-0.1, -0.05) is 0 Å². The highest BCUT2D eigenvalue weighted by Gasteiger charge is 2.10. The zero-order valence-corrected chi connectivity index (χ0v) is 12.8. The van der Waals surface area contributed by atoms with Crippen molar-refractivity contribution < 1.29 is 9.53 Å². The minimum Gasteiger partial charge on any atom is -0.374 e. The highest BCUT2D eigenvalue weighted by molar-refractivity contribution is 5.80. The van der Waals surface area contributed by atoms with Crippen LogP contribution in [0, 0.1) is 0 Å². The van der Waals surface area contributed by atoms with E-state index in [0.717, 1.165) is 0 Å². The molecular weight excluding hydrogens is 272 g/mol. The monoisotopic (exact) mass is 296 g/mol. The summed E-state index contributed by atoms with van der Waals surface area (Å²) in [5.41, 5.74) is 2.47. The maximum absolute atomic E-state index is 11.9. The van der Waals surface area contributed by atoms with Gasteiger partial charge in [-0.2, -0.15) is 0 Å². The van der Waals surface area contributed by atoms with Gasteiger partial charge in [0, 0.05) is 25.8 Å². The van der Waals surface area contributed by atoms with E-state index in [2.05, 4.69) is 20.7 Å². The summed E-state index contributed by atoms with van der Waals surface area (Å²) < 4.78 is 5.28. The van der Waals surface area contributed by atoms with Crippen molar-refractivity contribution >= 4 is 17.5 Å². The van der Waals surface area contributed by atoms with Crippen molar-refractivity contribution in [3.05, 3.63) is 11.9 Å². The summed E-state index contributed by atoms with van der Waals surface area (Å²) in [5.74, 6) is 6.91. The average Bonchev–Trinajstić information content (AvgIpc) is 2.51. The molecule has 0 saturated heterocycles. The van der Waals surface area contributed by atoms with E-state index >= 15 is 0 Å². The number of nitrogens with two attached hydrogens (primary N) is 1. The molecule has 118 valence electrons. The lowest BCUT2D eigenvalue weighted by molar-refractivity contribution is -0.128. The van der Waals surface area contributed by atoms with Gasteiger partial charge in [0.1, 0.15) is 18.2 Å². The van der Waals surface area contributed by atoms with E-state index in [4.69, 9.17) is 10.6 Å². The fourth-order valence-electron chi connectivity index (χ4n) is 1.77. The third-order valence-electron chi connectivity index (χ3n) is 2.89. The molecule has 0 bridgehead atoms. The Balaban J connectivity index is 2.71. The molecule has 0 aromatic carbocycles. The molecule has 0 aliphatic carbocycles. The zero-order valence-electron chi connectivity index (χ0n) is 12.8. The maximum Gasteiger partial charge on any atom is 0.241 e. The predicted octanol–water partition coefficient (Wildman–Crippen LogP) is 0.579. The van der Waals surface area contributed by atoms with Crippen LogP contribution in [0.2, 0.25) is 0 Å². The highest BCUT2D eigenvalue weighted by atomic mass is 16.5. The Labute approximate surface area is 125 Å². The third kappa shape index (κ3) is 5.52. The van der Waals surface area contributed by atoms with Crippen LogP contribution in [-0.2, 0) is 16.1 Å². The van der Waals surface area contributed by atoms with E-state index in [9.17, 15) is 4.79 Å². The van der Waals surface area contributed by atoms with Gasteiger partial charge in [-0.25, -0.2) is 15.8 Å². The quantitative estimate of drug-likeness (QED) is 0.452. The van der Waals surface area contributed by atoms with Gasteiger partial charge in [0.15, 0.2) is 5.82 Å². The minimum absolute atomic E-state index is 0.0206. The molecule has 1 aromatic heterocycles. The number of aromatic nitrogens is 2. The van der Waals surface area contributed by atoms with Crippen molar-refractivity contribution in [1.29, 1.82) is 0 Å². The summed E-state index contributed by atoms with van der Waals surface area (Å²) in [4.78, 5) is 22.2. The Kier molecular flexibility index (Phi) is 7.41. The summed E-state index contributed by atoms with van der Waals surface area (Å²) in [6.07, 6.45) is 0. The SMILES string of the molecule is CCOCc1nc(NN)cc(NCC(=O)N(CC)CC)n1. The van der Waals surface area contributed by atoms with Crippen LogP contribution in [0.4, 0.5) is 11.6 Å². The van der Waals surface area contributed by atoms with E-state index < -0.39 is 0 Å². The summed E-state index contributed by atoms with van der Waals surface area (Å²) in [6.45, 7) is 8.21. The number of ether oxygens (including phenoxy) is 1. The lowest BCUT2D eigenvalue weighted by Gasteiger charge is -2.19. The third-order valence-corrected chi connectivity index (χ3v) is 2.89. The van der Waals surface area contributed by atoms with E-state index in [1.807, 2.05) is 20.8 Å². The first-order valence-electron chi connectivity index (χ1n) is 7.08. The van der Waals surface area contributed by atoms with Gasteiger partial charge in [-0.05, 0) is 20.8 Å². The number of hydrogen-bond acceptors (Lipinski definition) is 7. The van der Waals surface area contributed by atoms with E-state index in [-0.39, 0.29) is 12.5 Å². The fourth-order valence-corrected chi connectivity index (χ4v) is 1.77. The van der Waals surface area contributed by atoms with Gasteiger partial charge < -0.3 is 20.4 Å². The number of nitrogen functional groups attached to an aromatic ring is 1. The van der Waals surface area contributed by atoms with Crippen LogP contribution in [-0.4, -0.2) is 47.0 Å². The molecule has 0 saturated carbocycles. The summed E-state index contributed by atoms with van der Waals surface area (Å²) in [7, 11) is 0. The van der Waals surface area contributed by atoms with Crippen LogP contribution in [0.25, 0.3) is 0 Å². The second-order valence-electron chi connectivity index (χ2n) is 4.26. The highest BCUT2D eigenvalue weighted by Crippen LogP contribution is 2.11. The molecule has 1 aromatic rings. The minimum atomic E-state index is 0.0206. The molecule has 0 unspecified atom stereocenters. The van der Waals surface area contributed by atoms with Crippen LogP contribution >= 0.6 is 0 Å². The Bertz CT molecular complexity index is 450. The number of rotatable bonds is 9. The van der Waals surface area contributed by atoms with Crippen molar-refractivity contribution in [2.75, 3.05) is 37.0 Å². The molecule has 0 atom stereocenters. The first-order valence-corrected chi connectivity index (χ1v) is 7.08. The molecule has 0 aliphatic rings. The van der Waals surface area contributed by atoms with E-state index in [1.165, 1.54) is 0 Å². The first kappa shape index (κ1) is 17.1. The maximum atomic E-state index is 11.9. The van der Waals surface area contributed by atoms with Crippen LogP contribution in [0.3, 0.4) is 0 Å². The molecule has 1 heterocycles. The van der Waals surface area contributed by atoms with Gasteiger partial charge in [0.05, 0.1) is 6.54 Å².